The molecular weight excluding hydrogens is 345 g/mol. The molecule has 27 heavy (non-hydrogen) atoms. The number of nitrogens with zero attached hydrogens (tertiary/aromatic N) is 5. The van der Waals surface area contributed by atoms with E-state index in [2.05, 4.69) is 25.8 Å². The minimum Gasteiger partial charge on any atom is -0.444 e. The van der Waals surface area contributed by atoms with Crippen LogP contribution < -0.4 is 4.90 Å². The number of aromatic nitrogens is 2. The summed E-state index contributed by atoms with van der Waals surface area (Å²) in [5.74, 6) is 0.964. The van der Waals surface area contributed by atoms with Crippen molar-refractivity contribution in [1.29, 1.82) is 5.26 Å². The van der Waals surface area contributed by atoms with Gasteiger partial charge in [-0.1, -0.05) is 0 Å². The van der Waals surface area contributed by atoms with Crippen molar-refractivity contribution < 1.29 is 8.81 Å². The summed E-state index contributed by atoms with van der Waals surface area (Å²) in [6, 6.07) is 11.9. The van der Waals surface area contributed by atoms with Crippen LogP contribution in [-0.4, -0.2) is 41.0 Å². The van der Waals surface area contributed by atoms with Crippen LogP contribution in [0.5, 0.6) is 0 Å². The van der Waals surface area contributed by atoms with Gasteiger partial charge in [-0.15, -0.1) is 0 Å². The number of hydrogen-bond donors (Lipinski definition) is 0. The molecule has 1 aliphatic heterocycles. The van der Waals surface area contributed by atoms with Gasteiger partial charge in [0, 0.05) is 44.5 Å². The van der Waals surface area contributed by atoms with Crippen molar-refractivity contribution in [2.45, 2.75) is 6.54 Å². The fourth-order valence-electron chi connectivity index (χ4n) is 3.19. The van der Waals surface area contributed by atoms with Crippen LogP contribution in [0.1, 0.15) is 11.3 Å². The van der Waals surface area contributed by atoms with Crippen LogP contribution >= 0.6 is 0 Å². The quantitative estimate of drug-likeness (QED) is 0.710. The highest BCUT2D eigenvalue weighted by atomic mass is 19.1. The summed E-state index contributed by atoms with van der Waals surface area (Å²) in [5, 5.41) is 9.24. The van der Waals surface area contributed by atoms with Crippen molar-refractivity contribution in [1.82, 2.24) is 14.9 Å². The van der Waals surface area contributed by atoms with Crippen molar-refractivity contribution in [2.24, 2.45) is 0 Å². The van der Waals surface area contributed by atoms with Crippen molar-refractivity contribution in [2.75, 3.05) is 31.1 Å². The molecule has 3 heterocycles. The maximum absolute atomic E-state index is 13.0. The van der Waals surface area contributed by atoms with Gasteiger partial charge in [0.2, 0.25) is 5.89 Å². The Balaban J connectivity index is 1.37. The first-order valence-corrected chi connectivity index (χ1v) is 8.76. The van der Waals surface area contributed by atoms with Crippen LogP contribution in [0.4, 0.5) is 10.2 Å². The van der Waals surface area contributed by atoms with Gasteiger partial charge in [0.05, 0.1) is 11.3 Å². The van der Waals surface area contributed by atoms with Crippen molar-refractivity contribution in [3.8, 4) is 17.5 Å². The topological polar surface area (TPSA) is 69.2 Å². The molecule has 0 radical (unpaired) electrons. The van der Waals surface area contributed by atoms with Crippen molar-refractivity contribution in [3.63, 3.8) is 0 Å². The number of rotatable bonds is 4. The van der Waals surface area contributed by atoms with E-state index in [4.69, 9.17) is 4.42 Å². The Hall–Kier alpha value is -3.24. The highest BCUT2D eigenvalue weighted by Gasteiger charge is 2.21. The highest BCUT2D eigenvalue weighted by molar-refractivity contribution is 5.54. The monoisotopic (exact) mass is 363 g/mol. The standard InChI is InChI=1S/C20H18FN5O/c21-17-5-3-15(4-6-17)20-24-18(14-27-20)13-25-8-10-26(11-9-25)19-16(12-22)2-1-7-23-19/h1-7,14H,8-11,13H2. The lowest BCUT2D eigenvalue weighted by atomic mass is 10.2. The van der Waals surface area contributed by atoms with Gasteiger partial charge >= 0.3 is 0 Å². The molecule has 136 valence electrons. The lowest BCUT2D eigenvalue weighted by molar-refractivity contribution is 0.246. The van der Waals surface area contributed by atoms with E-state index in [9.17, 15) is 9.65 Å². The molecule has 3 aromatic rings. The average molecular weight is 363 g/mol. The van der Waals surface area contributed by atoms with Crippen LogP contribution in [0.3, 0.4) is 0 Å². The zero-order valence-electron chi connectivity index (χ0n) is 14.7. The second-order valence-electron chi connectivity index (χ2n) is 6.40. The Kier molecular flexibility index (Phi) is 4.81. The molecule has 0 bridgehead atoms. The largest absolute Gasteiger partial charge is 0.444 e. The van der Waals surface area contributed by atoms with Crippen LogP contribution in [-0.2, 0) is 6.54 Å². The molecule has 0 aliphatic carbocycles. The first-order chi connectivity index (χ1) is 13.2. The summed E-state index contributed by atoms with van der Waals surface area (Å²) in [6.07, 6.45) is 3.37. The molecule has 0 unspecified atom stereocenters. The zero-order valence-corrected chi connectivity index (χ0v) is 14.7. The zero-order chi connectivity index (χ0) is 18.6. The first-order valence-electron chi connectivity index (χ1n) is 8.76. The number of pyridine rings is 1. The Morgan fingerprint density at radius 3 is 2.63 bits per heavy atom. The highest BCUT2D eigenvalue weighted by Crippen LogP contribution is 2.21. The fourth-order valence-corrected chi connectivity index (χ4v) is 3.19. The number of benzene rings is 1. The van der Waals surface area contributed by atoms with Crippen LogP contribution in [0.2, 0.25) is 0 Å². The number of hydrogen-bond acceptors (Lipinski definition) is 6. The summed E-state index contributed by atoms with van der Waals surface area (Å²) in [7, 11) is 0. The molecule has 0 saturated carbocycles. The molecule has 1 aliphatic rings. The molecular formula is C20H18FN5O. The summed E-state index contributed by atoms with van der Waals surface area (Å²) >= 11 is 0. The summed E-state index contributed by atoms with van der Waals surface area (Å²) in [4.78, 5) is 13.3. The Labute approximate surface area is 156 Å². The van der Waals surface area contributed by atoms with E-state index in [-0.39, 0.29) is 5.82 Å². The Bertz CT molecular complexity index is 955. The molecule has 4 rings (SSSR count). The molecule has 1 fully saturated rings. The second kappa shape index (κ2) is 7.56. The molecule has 6 nitrogen and oxygen atoms in total. The number of oxazole rings is 1. The minimum atomic E-state index is -0.282. The van der Waals surface area contributed by atoms with Crippen molar-refractivity contribution in [3.05, 3.63) is 65.9 Å². The van der Waals surface area contributed by atoms with Gasteiger partial charge in [0.25, 0.3) is 0 Å². The molecule has 0 N–H and O–H groups in total. The Morgan fingerprint density at radius 1 is 1.11 bits per heavy atom. The van der Waals surface area contributed by atoms with E-state index in [0.717, 1.165) is 43.3 Å². The number of anilines is 1. The van der Waals surface area contributed by atoms with Gasteiger partial charge in [-0.05, 0) is 36.4 Å². The second-order valence-corrected chi connectivity index (χ2v) is 6.40. The van der Waals surface area contributed by atoms with E-state index < -0.39 is 0 Å². The van der Waals surface area contributed by atoms with E-state index in [1.54, 1.807) is 36.7 Å². The normalized spacial score (nSPS) is 14.9. The summed E-state index contributed by atoms with van der Waals surface area (Å²) in [6.45, 7) is 3.98. The average Bonchev–Trinajstić information content (AvgIpc) is 3.17. The molecule has 1 saturated heterocycles. The van der Waals surface area contributed by atoms with E-state index >= 15 is 0 Å². The summed E-state index contributed by atoms with van der Waals surface area (Å²) in [5.41, 5.74) is 2.20. The van der Waals surface area contributed by atoms with E-state index in [0.29, 0.717) is 18.0 Å². The Morgan fingerprint density at radius 2 is 1.89 bits per heavy atom. The van der Waals surface area contributed by atoms with Crippen LogP contribution in [0.25, 0.3) is 11.5 Å². The molecule has 0 spiro atoms. The molecule has 7 heteroatoms. The van der Waals surface area contributed by atoms with Gasteiger partial charge in [-0.2, -0.15) is 5.26 Å². The predicted molar refractivity (Wildman–Crippen MR) is 98.3 cm³/mol. The fraction of sp³-hybridized carbons (Fsp3) is 0.250. The smallest absolute Gasteiger partial charge is 0.226 e. The maximum atomic E-state index is 13.0. The molecule has 1 aromatic carbocycles. The van der Waals surface area contributed by atoms with Gasteiger partial charge < -0.3 is 9.32 Å². The third-order valence-corrected chi connectivity index (χ3v) is 4.61. The van der Waals surface area contributed by atoms with E-state index in [1.165, 1.54) is 12.1 Å². The van der Waals surface area contributed by atoms with Gasteiger partial charge in [-0.25, -0.2) is 14.4 Å². The molecule has 0 amide bonds. The van der Waals surface area contributed by atoms with Crippen molar-refractivity contribution >= 4 is 5.82 Å². The van der Waals surface area contributed by atoms with E-state index in [1.807, 2.05) is 0 Å². The molecule has 0 atom stereocenters. The number of halogens is 1. The van der Waals surface area contributed by atoms with Gasteiger partial charge in [-0.3, -0.25) is 4.90 Å². The predicted octanol–water partition coefficient (Wildman–Crippen LogP) is 3.07. The first kappa shape index (κ1) is 17.2. The van der Waals surface area contributed by atoms with Crippen LogP contribution in [0, 0.1) is 17.1 Å². The number of nitriles is 1. The summed E-state index contributed by atoms with van der Waals surface area (Å²) < 4.78 is 18.6. The lowest BCUT2D eigenvalue weighted by Crippen LogP contribution is -2.46. The lowest BCUT2D eigenvalue weighted by Gasteiger charge is -2.35. The van der Waals surface area contributed by atoms with Gasteiger partial charge in [0.1, 0.15) is 24.0 Å². The number of piperazine rings is 1. The third-order valence-electron chi connectivity index (χ3n) is 4.61. The van der Waals surface area contributed by atoms with Crippen LogP contribution in [0.15, 0.2) is 53.3 Å². The third kappa shape index (κ3) is 3.81. The SMILES string of the molecule is N#Cc1cccnc1N1CCN(Cc2coc(-c3ccc(F)cc3)n2)CC1. The maximum Gasteiger partial charge on any atom is 0.226 e. The minimum absolute atomic E-state index is 0.282. The molecule has 2 aromatic heterocycles. The van der Waals surface area contributed by atoms with Gasteiger partial charge in [0.15, 0.2) is 0 Å².